The van der Waals surface area contributed by atoms with Gasteiger partial charge in [0.05, 0.1) is 6.54 Å². The van der Waals surface area contributed by atoms with E-state index in [0.29, 0.717) is 5.75 Å². The Hall–Kier alpha value is -2.56. The highest BCUT2D eigenvalue weighted by atomic mass is 16.5. The summed E-state index contributed by atoms with van der Waals surface area (Å²) in [6.45, 7) is 5.60. The van der Waals surface area contributed by atoms with Crippen LogP contribution in [-0.2, 0) is 9.59 Å². The van der Waals surface area contributed by atoms with Crippen molar-refractivity contribution in [2.75, 3.05) is 20.2 Å². The van der Waals surface area contributed by atoms with E-state index in [1.807, 2.05) is 63.2 Å². The Labute approximate surface area is 142 Å². The van der Waals surface area contributed by atoms with Gasteiger partial charge in [0, 0.05) is 18.0 Å². The summed E-state index contributed by atoms with van der Waals surface area (Å²) < 4.78 is 5.66. The zero-order valence-electron chi connectivity index (χ0n) is 14.6. The maximum Gasteiger partial charge on any atom is 0.260 e. The molecule has 0 aliphatic heterocycles. The Balaban J connectivity index is 1.93. The van der Waals surface area contributed by atoms with E-state index in [4.69, 9.17) is 4.74 Å². The summed E-state index contributed by atoms with van der Waals surface area (Å²) in [4.78, 5) is 25.4. The average molecular weight is 328 g/mol. The maximum absolute atomic E-state index is 12.2. The molecule has 0 atom stereocenters. The van der Waals surface area contributed by atoms with Crippen LogP contribution in [0.4, 0.5) is 0 Å². The largest absolute Gasteiger partial charge is 0.483 e. The van der Waals surface area contributed by atoms with Gasteiger partial charge in [0.15, 0.2) is 6.61 Å². The summed E-state index contributed by atoms with van der Waals surface area (Å²) in [6.07, 6.45) is 0. The number of carbonyl (C=O) groups is 2. The number of hydrogen-bond acceptors (Lipinski definition) is 3. The second kappa shape index (κ2) is 7.34. The van der Waals surface area contributed by atoms with Gasteiger partial charge in [-0.25, -0.2) is 0 Å². The molecular formula is C19H24N2O3. The number of amides is 2. The molecule has 0 heterocycles. The van der Waals surface area contributed by atoms with Crippen molar-refractivity contribution in [3.63, 3.8) is 0 Å². The van der Waals surface area contributed by atoms with Crippen LogP contribution >= 0.6 is 0 Å². The van der Waals surface area contributed by atoms with E-state index in [2.05, 4.69) is 5.32 Å². The van der Waals surface area contributed by atoms with Crippen LogP contribution in [0.1, 0.15) is 20.8 Å². The zero-order chi connectivity index (χ0) is 17.7. The number of hydrogen-bond donors (Lipinski definition) is 1. The van der Waals surface area contributed by atoms with Gasteiger partial charge in [0.25, 0.3) is 5.91 Å². The number of ether oxygens (including phenoxy) is 1. The van der Waals surface area contributed by atoms with Crippen molar-refractivity contribution in [1.82, 2.24) is 10.2 Å². The van der Waals surface area contributed by atoms with Crippen molar-refractivity contribution in [2.45, 2.75) is 26.3 Å². The standard InChI is InChI=1S/C19H24N2O3/c1-19(2,3)20-17(22)12-21(4)18(23)13-24-16-11-7-9-14-8-5-6-10-15(14)16/h5-11H,12-13H2,1-4H3,(H,20,22). The Morgan fingerprint density at radius 3 is 2.46 bits per heavy atom. The van der Waals surface area contributed by atoms with E-state index in [-0.39, 0.29) is 30.5 Å². The molecule has 0 fully saturated rings. The van der Waals surface area contributed by atoms with Gasteiger partial charge < -0.3 is 15.0 Å². The van der Waals surface area contributed by atoms with Crippen LogP contribution in [0.5, 0.6) is 5.75 Å². The molecule has 5 nitrogen and oxygen atoms in total. The zero-order valence-corrected chi connectivity index (χ0v) is 14.6. The quantitative estimate of drug-likeness (QED) is 0.918. The van der Waals surface area contributed by atoms with Gasteiger partial charge in [-0.05, 0) is 32.2 Å². The first-order valence-corrected chi connectivity index (χ1v) is 7.92. The molecule has 0 spiro atoms. The summed E-state index contributed by atoms with van der Waals surface area (Å²) in [5.41, 5.74) is -0.319. The smallest absolute Gasteiger partial charge is 0.260 e. The minimum atomic E-state index is -0.319. The number of fused-ring (bicyclic) bond motifs is 1. The fourth-order valence-electron chi connectivity index (χ4n) is 2.33. The molecular weight excluding hydrogens is 304 g/mol. The molecule has 0 saturated heterocycles. The lowest BCUT2D eigenvalue weighted by Crippen LogP contribution is -2.47. The van der Waals surface area contributed by atoms with Crippen LogP contribution < -0.4 is 10.1 Å². The van der Waals surface area contributed by atoms with Crippen LogP contribution in [-0.4, -0.2) is 42.5 Å². The van der Waals surface area contributed by atoms with Crippen molar-refractivity contribution in [3.8, 4) is 5.75 Å². The SMILES string of the molecule is CN(CC(=O)NC(C)(C)C)C(=O)COc1cccc2ccccc12. The van der Waals surface area contributed by atoms with Gasteiger partial charge in [-0.15, -0.1) is 0 Å². The molecule has 0 aliphatic rings. The van der Waals surface area contributed by atoms with E-state index in [0.717, 1.165) is 10.8 Å². The lowest BCUT2D eigenvalue weighted by molar-refractivity contribution is -0.136. The van der Waals surface area contributed by atoms with Crippen molar-refractivity contribution in [1.29, 1.82) is 0 Å². The third-order valence-corrected chi connectivity index (χ3v) is 3.42. The first-order chi connectivity index (χ1) is 11.3. The van der Waals surface area contributed by atoms with E-state index in [1.54, 1.807) is 7.05 Å². The second-order valence-electron chi connectivity index (χ2n) is 6.81. The molecule has 5 heteroatoms. The third-order valence-electron chi connectivity index (χ3n) is 3.42. The molecule has 0 bridgehead atoms. The third kappa shape index (κ3) is 4.98. The Kier molecular flexibility index (Phi) is 5.44. The van der Waals surface area contributed by atoms with Crippen LogP contribution in [0, 0.1) is 0 Å². The number of rotatable bonds is 5. The van der Waals surface area contributed by atoms with Gasteiger partial charge in [-0.2, -0.15) is 0 Å². The second-order valence-corrected chi connectivity index (χ2v) is 6.81. The maximum atomic E-state index is 12.2. The van der Waals surface area contributed by atoms with E-state index >= 15 is 0 Å². The number of nitrogens with one attached hydrogen (secondary N) is 1. The summed E-state index contributed by atoms with van der Waals surface area (Å²) in [7, 11) is 1.59. The number of benzene rings is 2. The number of carbonyl (C=O) groups excluding carboxylic acids is 2. The molecule has 0 saturated carbocycles. The molecule has 2 amide bonds. The summed E-state index contributed by atoms with van der Waals surface area (Å²) >= 11 is 0. The molecule has 2 aromatic rings. The van der Waals surface area contributed by atoms with Crippen LogP contribution in [0.25, 0.3) is 10.8 Å². The molecule has 1 N–H and O–H groups in total. The fourth-order valence-corrected chi connectivity index (χ4v) is 2.33. The number of likely N-dealkylation sites (N-methyl/N-ethyl adjacent to an activating group) is 1. The van der Waals surface area contributed by atoms with Crippen LogP contribution in [0.15, 0.2) is 42.5 Å². The first-order valence-electron chi connectivity index (χ1n) is 7.92. The Morgan fingerprint density at radius 2 is 1.75 bits per heavy atom. The van der Waals surface area contributed by atoms with Gasteiger partial charge in [-0.3, -0.25) is 9.59 Å². The number of nitrogens with zero attached hydrogens (tertiary/aromatic N) is 1. The van der Waals surface area contributed by atoms with Crippen molar-refractivity contribution in [3.05, 3.63) is 42.5 Å². The monoisotopic (exact) mass is 328 g/mol. The Bertz CT molecular complexity index is 729. The van der Waals surface area contributed by atoms with E-state index in [9.17, 15) is 9.59 Å². The fraction of sp³-hybridized carbons (Fsp3) is 0.368. The molecule has 2 aromatic carbocycles. The van der Waals surface area contributed by atoms with Gasteiger partial charge in [-0.1, -0.05) is 36.4 Å². The highest BCUT2D eigenvalue weighted by Crippen LogP contribution is 2.25. The lowest BCUT2D eigenvalue weighted by Gasteiger charge is -2.23. The Morgan fingerprint density at radius 1 is 1.08 bits per heavy atom. The van der Waals surface area contributed by atoms with Gasteiger partial charge in [0.1, 0.15) is 5.75 Å². The molecule has 24 heavy (non-hydrogen) atoms. The minimum absolute atomic E-state index is 0.00893. The van der Waals surface area contributed by atoms with E-state index in [1.165, 1.54) is 4.90 Å². The summed E-state index contributed by atoms with van der Waals surface area (Å²) in [5, 5.41) is 4.84. The molecule has 0 unspecified atom stereocenters. The van der Waals surface area contributed by atoms with Crippen molar-refractivity contribution < 1.29 is 14.3 Å². The molecule has 2 rings (SSSR count). The molecule has 128 valence electrons. The molecule has 0 aromatic heterocycles. The van der Waals surface area contributed by atoms with Gasteiger partial charge in [0.2, 0.25) is 5.91 Å². The highest BCUT2D eigenvalue weighted by Gasteiger charge is 2.18. The lowest BCUT2D eigenvalue weighted by atomic mass is 10.1. The summed E-state index contributed by atoms with van der Waals surface area (Å²) in [6, 6.07) is 13.6. The normalized spacial score (nSPS) is 11.2. The summed E-state index contributed by atoms with van der Waals surface area (Å²) in [5.74, 6) is 0.226. The van der Waals surface area contributed by atoms with Crippen molar-refractivity contribution >= 4 is 22.6 Å². The first kappa shape index (κ1) is 17.8. The van der Waals surface area contributed by atoms with Crippen LogP contribution in [0.3, 0.4) is 0 Å². The van der Waals surface area contributed by atoms with Crippen molar-refractivity contribution in [2.24, 2.45) is 0 Å². The van der Waals surface area contributed by atoms with Gasteiger partial charge >= 0.3 is 0 Å². The van der Waals surface area contributed by atoms with Crippen LogP contribution in [0.2, 0.25) is 0 Å². The predicted octanol–water partition coefficient (Wildman–Crippen LogP) is 2.59. The topological polar surface area (TPSA) is 58.6 Å². The average Bonchev–Trinajstić information content (AvgIpc) is 2.50. The highest BCUT2D eigenvalue weighted by molar-refractivity contribution is 5.89. The molecule has 0 radical (unpaired) electrons. The predicted molar refractivity (Wildman–Crippen MR) is 95.0 cm³/mol. The van der Waals surface area contributed by atoms with E-state index < -0.39 is 0 Å². The molecule has 0 aliphatic carbocycles. The minimum Gasteiger partial charge on any atom is -0.483 e.